The summed E-state index contributed by atoms with van der Waals surface area (Å²) in [4.78, 5) is 0. The maximum absolute atomic E-state index is 8.98. The maximum Gasteiger partial charge on any atom is 0.138 e. The van der Waals surface area contributed by atoms with Gasteiger partial charge in [0, 0.05) is 9.13 Å². The molecule has 0 unspecified atom stereocenters. The van der Waals surface area contributed by atoms with E-state index in [0.717, 1.165) is 3.57 Å². The molecule has 1 rings (SSSR count). The van der Waals surface area contributed by atoms with E-state index in [1.807, 2.05) is 6.07 Å². The molecule has 0 fully saturated rings. The molecule has 1 aromatic carbocycles. The minimum Gasteiger partial charge on any atom is -0.495 e. The van der Waals surface area contributed by atoms with Gasteiger partial charge in [-0.3, -0.25) is 0 Å². The normalized spacial score (nSPS) is 9.38. The molecule has 0 atom stereocenters. The van der Waals surface area contributed by atoms with Gasteiger partial charge in [-0.25, -0.2) is 0 Å². The number of nitrogens with zero attached hydrogens (tertiary/aromatic N) is 1. The highest BCUT2D eigenvalue weighted by Crippen LogP contribution is 2.24. The zero-order valence-electron chi connectivity index (χ0n) is 7.04. The first-order chi connectivity index (χ1) is 6.22. The van der Waals surface area contributed by atoms with Crippen LogP contribution in [-0.2, 0) is 6.61 Å². The monoisotopic (exact) mass is 289 g/mol. The summed E-state index contributed by atoms with van der Waals surface area (Å²) in [5.74, 6) is 0.512. The second kappa shape index (κ2) is 4.44. The number of aliphatic hydroxyl groups excluding tert-OH is 1. The number of methoxy groups -OCH3 is 1. The lowest BCUT2D eigenvalue weighted by Crippen LogP contribution is -1.95. The van der Waals surface area contributed by atoms with E-state index in [9.17, 15) is 0 Å². The fraction of sp³-hybridized carbons (Fsp3) is 0.222. The van der Waals surface area contributed by atoms with Crippen LogP contribution in [-0.4, -0.2) is 12.2 Å². The van der Waals surface area contributed by atoms with Gasteiger partial charge in [0.05, 0.1) is 19.3 Å². The molecular weight excluding hydrogens is 281 g/mol. The van der Waals surface area contributed by atoms with E-state index in [2.05, 4.69) is 22.6 Å². The van der Waals surface area contributed by atoms with Crippen molar-refractivity contribution in [2.75, 3.05) is 7.11 Å². The molecule has 0 saturated carbocycles. The average Bonchev–Trinajstić information content (AvgIpc) is 2.16. The van der Waals surface area contributed by atoms with Gasteiger partial charge in [-0.15, -0.1) is 0 Å². The highest BCUT2D eigenvalue weighted by atomic mass is 127. The molecule has 0 aliphatic heterocycles. The summed E-state index contributed by atoms with van der Waals surface area (Å²) >= 11 is 2.11. The van der Waals surface area contributed by atoms with Crippen molar-refractivity contribution in [3.05, 3.63) is 26.8 Å². The van der Waals surface area contributed by atoms with E-state index >= 15 is 0 Å². The van der Waals surface area contributed by atoms with Crippen LogP contribution >= 0.6 is 22.6 Å². The van der Waals surface area contributed by atoms with Crippen LogP contribution < -0.4 is 4.74 Å². The van der Waals surface area contributed by atoms with E-state index in [0.29, 0.717) is 16.9 Å². The van der Waals surface area contributed by atoms with Crippen molar-refractivity contribution in [3.8, 4) is 11.8 Å². The van der Waals surface area contributed by atoms with Crippen LogP contribution in [0.4, 0.5) is 0 Å². The molecule has 1 N–H and O–H groups in total. The van der Waals surface area contributed by atoms with Gasteiger partial charge >= 0.3 is 0 Å². The van der Waals surface area contributed by atoms with Crippen LogP contribution in [0.1, 0.15) is 11.1 Å². The molecule has 1 aromatic rings. The minimum atomic E-state index is -0.143. The van der Waals surface area contributed by atoms with E-state index in [1.165, 1.54) is 7.11 Å². The van der Waals surface area contributed by atoms with Gasteiger partial charge in [0.25, 0.3) is 0 Å². The number of hydrogen-bond donors (Lipinski definition) is 1. The molecule has 0 radical (unpaired) electrons. The zero-order chi connectivity index (χ0) is 9.84. The molecule has 0 aliphatic rings. The fourth-order valence-electron chi connectivity index (χ4n) is 1.05. The SMILES string of the molecule is COc1cc(I)cc(CO)c1C#N. The van der Waals surface area contributed by atoms with Gasteiger partial charge in [0.15, 0.2) is 0 Å². The fourth-order valence-corrected chi connectivity index (χ4v) is 1.71. The third-order valence-corrected chi connectivity index (χ3v) is 2.27. The van der Waals surface area contributed by atoms with Crippen LogP contribution in [0.5, 0.6) is 5.75 Å². The Hall–Kier alpha value is -0.800. The van der Waals surface area contributed by atoms with Crippen LogP contribution in [0.3, 0.4) is 0 Å². The van der Waals surface area contributed by atoms with Crippen LogP contribution in [0.15, 0.2) is 12.1 Å². The topological polar surface area (TPSA) is 53.2 Å². The second-order valence-corrected chi connectivity index (χ2v) is 3.66. The summed E-state index contributed by atoms with van der Waals surface area (Å²) in [5.41, 5.74) is 1.01. The lowest BCUT2D eigenvalue weighted by atomic mass is 10.1. The highest BCUT2D eigenvalue weighted by Gasteiger charge is 2.09. The molecule has 0 bridgehead atoms. The minimum absolute atomic E-state index is 0.143. The Morgan fingerprint density at radius 1 is 1.62 bits per heavy atom. The summed E-state index contributed by atoms with van der Waals surface area (Å²) in [6.45, 7) is -0.143. The number of benzene rings is 1. The summed E-state index contributed by atoms with van der Waals surface area (Å²) < 4.78 is 5.96. The number of halogens is 1. The number of nitriles is 1. The lowest BCUT2D eigenvalue weighted by Gasteiger charge is -2.07. The molecule has 0 spiro atoms. The third kappa shape index (κ3) is 2.11. The number of ether oxygens (including phenoxy) is 1. The summed E-state index contributed by atoms with van der Waals surface area (Å²) in [6, 6.07) is 5.53. The molecule has 3 nitrogen and oxygen atoms in total. The highest BCUT2D eigenvalue weighted by molar-refractivity contribution is 14.1. The van der Waals surface area contributed by atoms with E-state index in [4.69, 9.17) is 15.1 Å². The van der Waals surface area contributed by atoms with Crippen molar-refractivity contribution < 1.29 is 9.84 Å². The number of hydrogen-bond acceptors (Lipinski definition) is 3. The van der Waals surface area contributed by atoms with Gasteiger partial charge in [-0.05, 0) is 34.7 Å². The van der Waals surface area contributed by atoms with Crippen molar-refractivity contribution in [2.24, 2.45) is 0 Å². The van der Waals surface area contributed by atoms with Crippen LogP contribution in [0, 0.1) is 14.9 Å². The van der Waals surface area contributed by atoms with Gasteiger partial charge in [-0.1, -0.05) is 0 Å². The third-order valence-electron chi connectivity index (χ3n) is 1.65. The molecular formula is C9H8INO2. The first-order valence-corrected chi connectivity index (χ1v) is 4.68. The number of aliphatic hydroxyl groups is 1. The van der Waals surface area contributed by atoms with Gasteiger partial charge in [0.2, 0.25) is 0 Å². The van der Waals surface area contributed by atoms with Crippen molar-refractivity contribution in [2.45, 2.75) is 6.61 Å². The van der Waals surface area contributed by atoms with E-state index < -0.39 is 0 Å². The van der Waals surface area contributed by atoms with Crippen molar-refractivity contribution in [1.29, 1.82) is 5.26 Å². The van der Waals surface area contributed by atoms with E-state index in [1.54, 1.807) is 12.1 Å². The van der Waals surface area contributed by atoms with Crippen LogP contribution in [0.25, 0.3) is 0 Å². The van der Waals surface area contributed by atoms with Crippen molar-refractivity contribution >= 4 is 22.6 Å². The molecule has 68 valence electrons. The zero-order valence-corrected chi connectivity index (χ0v) is 9.20. The standard InChI is InChI=1S/C9H8INO2/c1-13-9-3-7(10)2-6(5-12)8(9)4-11/h2-3,12H,5H2,1H3. The molecule has 4 heteroatoms. The van der Waals surface area contributed by atoms with E-state index in [-0.39, 0.29) is 6.61 Å². The lowest BCUT2D eigenvalue weighted by molar-refractivity contribution is 0.280. The maximum atomic E-state index is 8.98. The Labute approximate surface area is 90.1 Å². The molecule has 0 aliphatic carbocycles. The number of rotatable bonds is 2. The second-order valence-electron chi connectivity index (χ2n) is 2.41. The van der Waals surface area contributed by atoms with Gasteiger partial charge < -0.3 is 9.84 Å². The van der Waals surface area contributed by atoms with Crippen LogP contribution in [0.2, 0.25) is 0 Å². The largest absolute Gasteiger partial charge is 0.495 e. The van der Waals surface area contributed by atoms with Crippen molar-refractivity contribution in [1.82, 2.24) is 0 Å². The van der Waals surface area contributed by atoms with Gasteiger partial charge in [0.1, 0.15) is 11.8 Å². The molecule has 0 heterocycles. The Morgan fingerprint density at radius 2 is 2.31 bits per heavy atom. The average molecular weight is 289 g/mol. The van der Waals surface area contributed by atoms with Gasteiger partial charge in [-0.2, -0.15) is 5.26 Å². The quantitative estimate of drug-likeness (QED) is 0.842. The Morgan fingerprint density at radius 3 is 2.77 bits per heavy atom. The predicted molar refractivity (Wildman–Crippen MR) is 56.3 cm³/mol. The van der Waals surface area contributed by atoms with Crippen molar-refractivity contribution in [3.63, 3.8) is 0 Å². The predicted octanol–water partition coefficient (Wildman–Crippen LogP) is 1.66. The smallest absolute Gasteiger partial charge is 0.138 e. The summed E-state index contributed by atoms with van der Waals surface area (Å²) in [5, 5.41) is 17.8. The first kappa shape index (κ1) is 10.3. The molecule has 0 amide bonds. The Bertz CT molecular complexity index is 332. The molecule has 13 heavy (non-hydrogen) atoms. The Kier molecular flexibility index (Phi) is 3.51. The molecule has 0 aromatic heterocycles. The first-order valence-electron chi connectivity index (χ1n) is 3.60. The Balaban J connectivity index is 3.36. The summed E-state index contributed by atoms with van der Waals surface area (Å²) in [6.07, 6.45) is 0. The molecule has 0 saturated heterocycles. The summed E-state index contributed by atoms with van der Waals surface area (Å²) in [7, 11) is 1.51.